The van der Waals surface area contributed by atoms with E-state index in [0.29, 0.717) is 6.54 Å². The minimum Gasteiger partial charge on any atom is -0.497 e. The molecule has 3 heterocycles. The molecule has 0 radical (unpaired) electrons. The van der Waals surface area contributed by atoms with E-state index >= 15 is 0 Å². The summed E-state index contributed by atoms with van der Waals surface area (Å²) < 4.78 is 13.1. The Bertz CT molecular complexity index is 1370. The molecule has 1 fully saturated rings. The third-order valence-electron chi connectivity index (χ3n) is 6.81. The Balaban J connectivity index is 1.59. The number of ether oxygens (including phenoxy) is 2. The monoisotopic (exact) mass is 498 g/mol. The van der Waals surface area contributed by atoms with Gasteiger partial charge in [-0.05, 0) is 79.7 Å². The van der Waals surface area contributed by atoms with E-state index in [9.17, 15) is 0 Å². The predicted molar refractivity (Wildman–Crippen MR) is 146 cm³/mol. The number of thiocarbonyl (C=S) groups is 1. The van der Waals surface area contributed by atoms with Gasteiger partial charge in [-0.25, -0.2) is 0 Å². The fourth-order valence-electron chi connectivity index (χ4n) is 5.08. The van der Waals surface area contributed by atoms with Gasteiger partial charge >= 0.3 is 0 Å². The third kappa shape index (κ3) is 4.42. The molecule has 4 aromatic rings. The summed E-state index contributed by atoms with van der Waals surface area (Å²) in [6.07, 6.45) is 1.84. The average Bonchev–Trinajstić information content (AvgIpc) is 3.39. The Kier molecular flexibility index (Phi) is 6.65. The maximum Gasteiger partial charge on any atom is 0.170 e. The van der Waals surface area contributed by atoms with E-state index in [1.165, 1.54) is 5.56 Å². The number of rotatable bonds is 7. The van der Waals surface area contributed by atoms with Crippen LogP contribution in [-0.4, -0.2) is 33.8 Å². The molecule has 0 unspecified atom stereocenters. The van der Waals surface area contributed by atoms with Crippen molar-refractivity contribution in [3.05, 3.63) is 107 Å². The summed E-state index contributed by atoms with van der Waals surface area (Å²) in [7, 11) is 3.37. The highest BCUT2D eigenvalue weighted by Gasteiger charge is 2.41. The standard InChI is InChI=1S/C29H30N4O2S/c1-19-16-25(20(2)33(19)22-8-7-9-24(17-22)35-4)28-27(26-10-5-6-15-30-26)31-29(36)32(28)18-21-11-13-23(34-3)14-12-21/h5-17,27-28H,18H2,1-4H3,(H,31,36)/t27-,28+/m0/s1. The fourth-order valence-corrected chi connectivity index (χ4v) is 5.38. The fraction of sp³-hybridized carbons (Fsp3) is 0.241. The van der Waals surface area contributed by atoms with Crippen molar-refractivity contribution in [2.75, 3.05) is 14.2 Å². The van der Waals surface area contributed by atoms with Crippen LogP contribution < -0.4 is 14.8 Å². The van der Waals surface area contributed by atoms with E-state index in [1.54, 1.807) is 14.2 Å². The molecular formula is C29H30N4O2S. The van der Waals surface area contributed by atoms with Crippen LogP contribution in [0.4, 0.5) is 0 Å². The first-order valence-corrected chi connectivity index (χ1v) is 12.3. The maximum absolute atomic E-state index is 5.89. The molecule has 1 N–H and O–H groups in total. The van der Waals surface area contributed by atoms with Crippen LogP contribution in [0.25, 0.3) is 5.69 Å². The highest BCUT2D eigenvalue weighted by molar-refractivity contribution is 7.80. The largest absolute Gasteiger partial charge is 0.497 e. The summed E-state index contributed by atoms with van der Waals surface area (Å²) in [5, 5.41) is 4.29. The molecule has 0 aliphatic carbocycles. The van der Waals surface area contributed by atoms with Crippen LogP contribution in [0.15, 0.2) is 79.0 Å². The zero-order valence-corrected chi connectivity index (χ0v) is 21.8. The van der Waals surface area contributed by atoms with Crippen molar-refractivity contribution in [3.63, 3.8) is 0 Å². The van der Waals surface area contributed by atoms with Gasteiger partial charge in [0.05, 0.1) is 32.0 Å². The lowest BCUT2D eigenvalue weighted by Crippen LogP contribution is -2.29. The zero-order valence-electron chi connectivity index (χ0n) is 20.9. The predicted octanol–water partition coefficient (Wildman–Crippen LogP) is 5.68. The van der Waals surface area contributed by atoms with Gasteiger partial charge in [-0.2, -0.15) is 0 Å². The molecule has 0 amide bonds. The summed E-state index contributed by atoms with van der Waals surface area (Å²) in [6, 6.07) is 24.5. The highest BCUT2D eigenvalue weighted by atomic mass is 32.1. The number of hydrogen-bond donors (Lipinski definition) is 1. The van der Waals surface area contributed by atoms with Gasteiger partial charge in [-0.3, -0.25) is 4.98 Å². The highest BCUT2D eigenvalue weighted by Crippen LogP contribution is 2.42. The number of benzene rings is 2. The number of nitrogens with zero attached hydrogens (tertiary/aromatic N) is 3. The molecule has 0 saturated carbocycles. The summed E-state index contributed by atoms with van der Waals surface area (Å²) in [6.45, 7) is 4.98. The molecule has 6 nitrogen and oxygen atoms in total. The zero-order chi connectivity index (χ0) is 25.2. The number of methoxy groups -OCH3 is 2. The van der Waals surface area contributed by atoms with E-state index in [0.717, 1.165) is 44.9 Å². The van der Waals surface area contributed by atoms with Gasteiger partial charge in [0.15, 0.2) is 5.11 Å². The molecule has 0 spiro atoms. The van der Waals surface area contributed by atoms with E-state index in [-0.39, 0.29) is 12.1 Å². The SMILES string of the molecule is COc1ccc(CN2C(=S)N[C@@H](c3ccccn3)[C@H]2c2cc(C)n(-c3cccc(OC)c3)c2C)cc1. The Morgan fingerprint density at radius 2 is 1.69 bits per heavy atom. The third-order valence-corrected chi connectivity index (χ3v) is 7.16. The Morgan fingerprint density at radius 1 is 0.917 bits per heavy atom. The smallest absolute Gasteiger partial charge is 0.170 e. The minimum atomic E-state index is -0.0730. The molecule has 2 aromatic carbocycles. The van der Waals surface area contributed by atoms with E-state index < -0.39 is 0 Å². The lowest BCUT2D eigenvalue weighted by Gasteiger charge is -2.28. The summed E-state index contributed by atoms with van der Waals surface area (Å²) in [5.41, 5.74) is 6.73. The van der Waals surface area contributed by atoms with Crippen molar-refractivity contribution in [2.45, 2.75) is 32.5 Å². The summed E-state index contributed by atoms with van der Waals surface area (Å²) >= 11 is 5.89. The first-order valence-electron chi connectivity index (χ1n) is 11.9. The Morgan fingerprint density at radius 3 is 2.39 bits per heavy atom. The van der Waals surface area contributed by atoms with Crippen LogP contribution in [0.3, 0.4) is 0 Å². The van der Waals surface area contributed by atoms with Crippen molar-refractivity contribution < 1.29 is 9.47 Å². The van der Waals surface area contributed by atoms with Crippen LogP contribution in [0.1, 0.15) is 40.3 Å². The normalized spacial score (nSPS) is 17.2. The lowest BCUT2D eigenvalue weighted by atomic mass is 9.96. The van der Waals surface area contributed by atoms with Gasteiger partial charge in [0.2, 0.25) is 0 Å². The Hall–Kier alpha value is -3.84. The second-order valence-corrected chi connectivity index (χ2v) is 9.35. The summed E-state index contributed by atoms with van der Waals surface area (Å²) in [5.74, 6) is 1.67. The van der Waals surface area contributed by atoms with Crippen LogP contribution in [0.2, 0.25) is 0 Å². The van der Waals surface area contributed by atoms with Crippen molar-refractivity contribution in [3.8, 4) is 17.2 Å². The molecule has 2 atom stereocenters. The van der Waals surface area contributed by atoms with Gasteiger partial charge in [0, 0.05) is 35.9 Å². The summed E-state index contributed by atoms with van der Waals surface area (Å²) in [4.78, 5) is 6.96. The number of aryl methyl sites for hydroxylation is 1. The van der Waals surface area contributed by atoms with Crippen LogP contribution >= 0.6 is 12.2 Å². The minimum absolute atomic E-state index is 0.0277. The maximum atomic E-state index is 5.89. The quantitative estimate of drug-likeness (QED) is 0.331. The number of nitrogens with one attached hydrogen (secondary N) is 1. The van der Waals surface area contributed by atoms with Gasteiger partial charge in [0.1, 0.15) is 11.5 Å². The molecular weight excluding hydrogens is 468 g/mol. The van der Waals surface area contributed by atoms with Gasteiger partial charge in [-0.1, -0.05) is 24.3 Å². The van der Waals surface area contributed by atoms with Crippen molar-refractivity contribution in [1.29, 1.82) is 0 Å². The van der Waals surface area contributed by atoms with E-state index in [1.807, 2.05) is 42.6 Å². The molecule has 0 bridgehead atoms. The second-order valence-electron chi connectivity index (χ2n) is 8.97. The Labute approximate surface area is 217 Å². The lowest BCUT2D eigenvalue weighted by molar-refractivity contribution is 0.310. The van der Waals surface area contributed by atoms with Gasteiger partial charge in [-0.15, -0.1) is 0 Å². The van der Waals surface area contributed by atoms with Crippen LogP contribution in [0, 0.1) is 13.8 Å². The molecule has 2 aromatic heterocycles. The van der Waals surface area contributed by atoms with Gasteiger partial charge in [0.25, 0.3) is 0 Å². The van der Waals surface area contributed by atoms with Gasteiger partial charge < -0.3 is 24.3 Å². The average molecular weight is 499 g/mol. The van der Waals surface area contributed by atoms with Crippen LogP contribution in [0.5, 0.6) is 11.5 Å². The first kappa shape index (κ1) is 23.9. The molecule has 1 aliphatic heterocycles. The van der Waals surface area contributed by atoms with Crippen molar-refractivity contribution in [1.82, 2.24) is 19.8 Å². The number of pyridine rings is 1. The van der Waals surface area contributed by atoms with Crippen molar-refractivity contribution >= 4 is 17.3 Å². The van der Waals surface area contributed by atoms with E-state index in [2.05, 4.69) is 70.0 Å². The van der Waals surface area contributed by atoms with E-state index in [4.69, 9.17) is 21.7 Å². The molecule has 5 rings (SSSR count). The second kappa shape index (κ2) is 10.0. The van der Waals surface area contributed by atoms with Crippen molar-refractivity contribution in [2.24, 2.45) is 0 Å². The topological polar surface area (TPSA) is 51.5 Å². The molecule has 36 heavy (non-hydrogen) atoms. The molecule has 184 valence electrons. The molecule has 1 aliphatic rings. The first-order chi connectivity index (χ1) is 17.5. The number of hydrogen-bond acceptors (Lipinski definition) is 4. The molecule has 7 heteroatoms. The van der Waals surface area contributed by atoms with Crippen LogP contribution in [-0.2, 0) is 6.54 Å². The molecule has 1 saturated heterocycles. The number of aromatic nitrogens is 2.